The Bertz CT molecular complexity index is 3000. The third-order valence-electron chi connectivity index (χ3n) is 12.2. The van der Waals surface area contributed by atoms with Crippen LogP contribution in [0.4, 0.5) is 22.0 Å². The lowest BCUT2D eigenvalue weighted by Gasteiger charge is -2.17. The summed E-state index contributed by atoms with van der Waals surface area (Å²) in [5.74, 6) is -16.2. The summed E-state index contributed by atoms with van der Waals surface area (Å²) in [6, 6.07) is 20.5. The Kier molecular flexibility index (Phi) is 21.7. The van der Waals surface area contributed by atoms with Crippen molar-refractivity contribution in [3.05, 3.63) is 137 Å². The number of carbonyl (C=O) groups excluding carboxylic acids is 5. The number of rotatable bonds is 21. The highest BCUT2D eigenvalue weighted by atomic mass is 19.2. The van der Waals surface area contributed by atoms with Gasteiger partial charge in [0.2, 0.25) is 46.6 Å². The second kappa shape index (κ2) is 28.1. The molecule has 3 atom stereocenters. The maximum atomic E-state index is 14.1. The number of hydrogen-bond acceptors (Lipinski definition) is 9. The average Bonchev–Trinajstić information content (AvgIpc) is 4.11. The van der Waals surface area contributed by atoms with Crippen LogP contribution < -0.4 is 21.1 Å². The molecule has 0 radical (unpaired) electrons. The zero-order valence-corrected chi connectivity index (χ0v) is 42.1. The number of H-pyrrole nitrogens is 2. The molecule has 0 aliphatic heterocycles. The van der Waals surface area contributed by atoms with Crippen LogP contribution in [0.2, 0.25) is 0 Å². The number of carbonyl (C=O) groups is 5. The molecular weight excluding hydrogens is 968 g/mol. The first-order valence-electron chi connectivity index (χ1n) is 24.3. The number of benzene rings is 4. The molecule has 0 fully saturated rings. The Labute approximate surface area is 425 Å². The highest BCUT2D eigenvalue weighted by molar-refractivity contribution is 5.89. The topological polar surface area (TPSA) is 200 Å². The predicted molar refractivity (Wildman–Crippen MR) is 271 cm³/mol. The van der Waals surface area contributed by atoms with Gasteiger partial charge in [0.15, 0.2) is 0 Å². The monoisotopic (exact) mass is 1030 g/mol. The molecule has 14 nitrogen and oxygen atoms in total. The van der Waals surface area contributed by atoms with Crippen LogP contribution in [0.25, 0.3) is 32.7 Å². The van der Waals surface area contributed by atoms with E-state index in [4.69, 9.17) is 10.5 Å². The quantitative estimate of drug-likeness (QED) is 0.0116. The van der Waals surface area contributed by atoms with E-state index in [0.29, 0.717) is 18.4 Å². The fraction of sp³-hybridized carbons (Fsp3) is 0.364. The standard InChI is InChI=1S/C29H33F5N2O3.C14H16N2O3.C12H14N2O2/c1-3-4-5-6-7-8-9-12-15-36-17-19(20-13-10-11-14-22(20)36)16-21(35-18(2)37)29(38)39-28-26(33)24(31)23(30)25(32)27(28)34;1-9(17)16-13(14(18)19-2)7-10-8-15-12-6-4-3-5-11(10)12;1-16-12(15)10(13)6-8-7-14-11-5-3-2-4-9(8)11/h10-11,13-14,17,21H,3-9,12,15-16H2,1-2H3,(H,35,37);3-6,8,13,15H,7H2,1-2H3,(H,16,17);2-5,7,10,14H,6,13H2,1H3. The highest BCUT2D eigenvalue weighted by Crippen LogP contribution is 2.30. The van der Waals surface area contributed by atoms with E-state index in [2.05, 4.69) is 37.0 Å². The molecule has 0 aliphatic carbocycles. The first-order chi connectivity index (χ1) is 35.5. The second-order valence-corrected chi connectivity index (χ2v) is 17.7. The third-order valence-corrected chi connectivity index (χ3v) is 12.2. The van der Waals surface area contributed by atoms with Gasteiger partial charge < -0.3 is 45.1 Å². The van der Waals surface area contributed by atoms with Gasteiger partial charge in [0.05, 0.1) is 14.2 Å². The third kappa shape index (κ3) is 15.5. The van der Waals surface area contributed by atoms with Gasteiger partial charge in [0.1, 0.15) is 18.1 Å². The van der Waals surface area contributed by atoms with Gasteiger partial charge in [-0.3, -0.25) is 14.4 Å². The van der Waals surface area contributed by atoms with E-state index < -0.39 is 70.8 Å². The lowest BCUT2D eigenvalue weighted by molar-refractivity contribution is -0.144. The summed E-state index contributed by atoms with van der Waals surface area (Å²) in [7, 11) is 2.66. The number of aromatic nitrogens is 3. The minimum atomic E-state index is -2.37. The van der Waals surface area contributed by atoms with E-state index in [1.54, 1.807) is 0 Å². The number of halogens is 5. The van der Waals surface area contributed by atoms with Crippen LogP contribution in [0.15, 0.2) is 91.4 Å². The van der Waals surface area contributed by atoms with Crippen LogP contribution in [-0.4, -0.2) is 76.6 Å². The summed E-state index contributed by atoms with van der Waals surface area (Å²) in [6.07, 6.45) is 15.6. The summed E-state index contributed by atoms with van der Waals surface area (Å²) in [6.45, 7) is 5.43. The van der Waals surface area contributed by atoms with Gasteiger partial charge in [-0.15, -0.1) is 0 Å². The summed E-state index contributed by atoms with van der Waals surface area (Å²) in [5.41, 5.74) is 11.3. The van der Waals surface area contributed by atoms with Crippen LogP contribution >= 0.6 is 0 Å². The van der Waals surface area contributed by atoms with E-state index in [1.165, 1.54) is 53.2 Å². The van der Waals surface area contributed by atoms with Crippen LogP contribution in [0.3, 0.4) is 0 Å². The molecule has 0 bridgehead atoms. The van der Waals surface area contributed by atoms with Gasteiger partial charge in [-0.25, -0.2) is 22.8 Å². The molecule has 396 valence electrons. The van der Waals surface area contributed by atoms with Gasteiger partial charge >= 0.3 is 17.9 Å². The van der Waals surface area contributed by atoms with E-state index >= 15 is 0 Å². The van der Waals surface area contributed by atoms with Crippen LogP contribution in [-0.2, 0) is 59.3 Å². The Morgan fingerprint density at radius 1 is 0.568 bits per heavy atom. The second-order valence-electron chi connectivity index (χ2n) is 17.7. The molecule has 7 aromatic rings. The zero-order chi connectivity index (χ0) is 53.9. The van der Waals surface area contributed by atoms with Crippen molar-refractivity contribution in [3.8, 4) is 5.75 Å². The van der Waals surface area contributed by atoms with Gasteiger partial charge in [0, 0.05) is 91.0 Å². The number of methoxy groups -OCH3 is 2. The number of aryl methyl sites for hydroxylation is 1. The largest absolute Gasteiger partial charge is 0.468 e. The Hall–Kier alpha value is -7.54. The van der Waals surface area contributed by atoms with Crippen molar-refractivity contribution >= 4 is 62.4 Å². The molecule has 3 unspecified atom stereocenters. The highest BCUT2D eigenvalue weighted by Gasteiger charge is 2.32. The average molecular weight is 1030 g/mol. The van der Waals surface area contributed by atoms with Crippen molar-refractivity contribution in [1.29, 1.82) is 0 Å². The molecule has 74 heavy (non-hydrogen) atoms. The number of para-hydroxylation sites is 3. The lowest BCUT2D eigenvalue weighted by atomic mass is 10.0. The van der Waals surface area contributed by atoms with Crippen molar-refractivity contribution in [2.24, 2.45) is 5.73 Å². The number of esters is 3. The maximum absolute atomic E-state index is 14.1. The summed E-state index contributed by atoms with van der Waals surface area (Å²) in [5, 5.41) is 7.90. The van der Waals surface area contributed by atoms with Crippen molar-refractivity contribution in [1.82, 2.24) is 25.2 Å². The van der Waals surface area contributed by atoms with Crippen molar-refractivity contribution in [2.45, 2.75) is 116 Å². The molecule has 3 aromatic heterocycles. The number of unbranched alkanes of at least 4 members (excludes halogenated alkanes) is 7. The first kappa shape index (κ1) is 57.4. The summed E-state index contributed by atoms with van der Waals surface area (Å²) < 4.78 is 84.7. The number of aromatic amines is 2. The predicted octanol–water partition coefficient (Wildman–Crippen LogP) is 9.73. The Morgan fingerprint density at radius 2 is 1.01 bits per heavy atom. The zero-order valence-electron chi connectivity index (χ0n) is 42.1. The fourth-order valence-corrected chi connectivity index (χ4v) is 8.46. The number of nitrogens with two attached hydrogens (primary N) is 1. The van der Waals surface area contributed by atoms with E-state index in [1.807, 2.05) is 96.0 Å². The molecule has 0 spiro atoms. The molecule has 2 amide bonds. The molecule has 7 rings (SSSR count). The van der Waals surface area contributed by atoms with Crippen molar-refractivity contribution < 1.29 is 60.1 Å². The van der Waals surface area contributed by atoms with Crippen LogP contribution in [0, 0.1) is 29.1 Å². The number of hydrogen-bond donors (Lipinski definition) is 5. The summed E-state index contributed by atoms with van der Waals surface area (Å²) in [4.78, 5) is 64.9. The SMILES string of the molecule is CCCCCCCCCCn1cc(CC(NC(C)=O)C(=O)Oc2c(F)c(F)c(F)c(F)c2F)c2ccccc21.COC(=O)C(Cc1c[nH]c2ccccc12)NC(C)=O.COC(=O)C(N)Cc1c[nH]c2ccccc12. The number of nitrogens with zero attached hydrogens (tertiary/aromatic N) is 1. The molecule has 0 aliphatic rings. The Morgan fingerprint density at radius 3 is 1.54 bits per heavy atom. The number of amides is 2. The number of ether oxygens (including phenoxy) is 3. The first-order valence-corrected chi connectivity index (χ1v) is 24.3. The molecular formula is C55H63F5N6O8. The molecule has 0 saturated carbocycles. The number of nitrogens with one attached hydrogen (secondary N) is 4. The smallest absolute Gasteiger partial charge is 0.334 e. The molecule has 6 N–H and O–H groups in total. The van der Waals surface area contributed by atoms with E-state index in [9.17, 15) is 45.9 Å². The van der Waals surface area contributed by atoms with Crippen molar-refractivity contribution in [2.75, 3.05) is 14.2 Å². The minimum Gasteiger partial charge on any atom is -0.468 e. The van der Waals surface area contributed by atoms with Crippen LogP contribution in [0.5, 0.6) is 5.75 Å². The maximum Gasteiger partial charge on any atom is 0.334 e. The molecule has 0 saturated heterocycles. The Balaban J connectivity index is 0.000000238. The van der Waals surface area contributed by atoms with Gasteiger partial charge in [-0.1, -0.05) is 106 Å². The fourth-order valence-electron chi connectivity index (χ4n) is 8.46. The number of fused-ring (bicyclic) bond motifs is 3. The minimum absolute atomic E-state index is 0.126. The van der Waals surface area contributed by atoms with Crippen LogP contribution in [0.1, 0.15) is 88.8 Å². The molecule has 19 heteroatoms. The van der Waals surface area contributed by atoms with Crippen molar-refractivity contribution in [3.63, 3.8) is 0 Å². The normalized spacial score (nSPS) is 12.2. The lowest BCUT2D eigenvalue weighted by Crippen LogP contribution is -2.43. The molecule has 4 aromatic carbocycles. The van der Waals surface area contributed by atoms with Gasteiger partial charge in [0.25, 0.3) is 0 Å². The van der Waals surface area contributed by atoms with Gasteiger partial charge in [-0.05, 0) is 41.3 Å². The van der Waals surface area contributed by atoms with E-state index in [-0.39, 0.29) is 18.3 Å². The molecule has 3 heterocycles. The summed E-state index contributed by atoms with van der Waals surface area (Å²) >= 11 is 0. The van der Waals surface area contributed by atoms with Gasteiger partial charge in [-0.2, -0.15) is 8.78 Å². The van der Waals surface area contributed by atoms with E-state index in [0.717, 1.165) is 76.6 Å².